The lowest BCUT2D eigenvalue weighted by molar-refractivity contribution is 0.0423. The molecule has 0 aliphatic carbocycles. The van der Waals surface area contributed by atoms with Crippen LogP contribution in [0.3, 0.4) is 0 Å². The molecule has 1 heterocycles. The Morgan fingerprint density at radius 1 is 1.43 bits per heavy atom. The minimum absolute atomic E-state index is 0.317. The van der Waals surface area contributed by atoms with Crippen LogP contribution < -0.4 is 10.6 Å². The Bertz CT molecular complexity index is 493. The normalized spacial score (nSPS) is 14.6. The highest BCUT2D eigenvalue weighted by atomic mass is 16.3. The van der Waals surface area contributed by atoms with E-state index in [-0.39, 0.29) is 0 Å². The molecule has 6 nitrogen and oxygen atoms in total. The number of rotatable bonds is 9. The van der Waals surface area contributed by atoms with Crippen LogP contribution in [0.2, 0.25) is 0 Å². The summed E-state index contributed by atoms with van der Waals surface area (Å²) >= 11 is 0. The molecule has 0 aliphatic rings. The minimum Gasteiger partial charge on any atom is -0.469 e. The van der Waals surface area contributed by atoms with Gasteiger partial charge in [-0.1, -0.05) is 12.2 Å². The van der Waals surface area contributed by atoms with Crippen LogP contribution in [-0.2, 0) is 6.42 Å². The first kappa shape index (κ1) is 19.3. The van der Waals surface area contributed by atoms with E-state index in [4.69, 9.17) is 4.42 Å². The highest BCUT2D eigenvalue weighted by molar-refractivity contribution is 5.80. The predicted octanol–water partition coefficient (Wildman–Crippen LogP) is 1.25. The van der Waals surface area contributed by atoms with E-state index in [0.717, 1.165) is 17.8 Å². The third kappa shape index (κ3) is 9.05. The van der Waals surface area contributed by atoms with Crippen molar-refractivity contribution in [2.24, 2.45) is 4.99 Å². The van der Waals surface area contributed by atoms with Crippen LogP contribution in [0.1, 0.15) is 19.6 Å². The molecule has 1 rings (SSSR count). The van der Waals surface area contributed by atoms with Crippen molar-refractivity contribution in [2.45, 2.75) is 25.9 Å². The number of hydrogen-bond donors (Lipinski definition) is 3. The third-order valence-electron chi connectivity index (χ3n) is 3.04. The summed E-state index contributed by atoms with van der Waals surface area (Å²) in [4.78, 5) is 6.43. The molecule has 23 heavy (non-hydrogen) atoms. The summed E-state index contributed by atoms with van der Waals surface area (Å²) in [5.74, 6) is 1.59. The monoisotopic (exact) mass is 322 g/mol. The molecule has 0 saturated heterocycles. The molecule has 0 amide bonds. The second-order valence-electron chi connectivity index (χ2n) is 6.47. The number of likely N-dealkylation sites (N-methyl/N-ethyl adjacent to an activating group) is 1. The van der Waals surface area contributed by atoms with Crippen molar-refractivity contribution >= 4 is 5.96 Å². The summed E-state index contributed by atoms with van der Waals surface area (Å²) in [7, 11) is 3.86. The number of hydrogen-bond acceptors (Lipinski definition) is 4. The summed E-state index contributed by atoms with van der Waals surface area (Å²) in [5, 5.41) is 16.8. The maximum Gasteiger partial charge on any atom is 0.191 e. The number of furan rings is 1. The number of aliphatic hydroxyl groups is 1. The Morgan fingerprint density at radius 3 is 2.74 bits per heavy atom. The number of guanidine groups is 1. The van der Waals surface area contributed by atoms with E-state index >= 15 is 0 Å². The van der Waals surface area contributed by atoms with Gasteiger partial charge in [0.15, 0.2) is 5.96 Å². The second-order valence-corrected chi connectivity index (χ2v) is 6.47. The van der Waals surface area contributed by atoms with E-state index in [2.05, 4.69) is 22.2 Å². The molecule has 0 spiro atoms. The zero-order valence-electron chi connectivity index (χ0n) is 14.7. The van der Waals surface area contributed by atoms with E-state index in [1.54, 1.807) is 13.2 Å². The van der Waals surface area contributed by atoms with Crippen molar-refractivity contribution < 1.29 is 9.52 Å². The lowest BCUT2D eigenvalue weighted by Gasteiger charge is -2.25. The Morgan fingerprint density at radius 2 is 2.17 bits per heavy atom. The first-order valence-electron chi connectivity index (χ1n) is 7.84. The molecule has 0 saturated carbocycles. The quantitative estimate of drug-likeness (QED) is 0.362. The van der Waals surface area contributed by atoms with Crippen LogP contribution in [0.25, 0.3) is 0 Å². The van der Waals surface area contributed by atoms with Gasteiger partial charge in [0.1, 0.15) is 5.76 Å². The van der Waals surface area contributed by atoms with Crippen molar-refractivity contribution in [3.63, 3.8) is 0 Å². The van der Waals surface area contributed by atoms with E-state index in [9.17, 15) is 5.11 Å². The molecule has 1 aromatic heterocycles. The van der Waals surface area contributed by atoms with Crippen molar-refractivity contribution in [3.8, 4) is 0 Å². The van der Waals surface area contributed by atoms with Gasteiger partial charge in [-0.25, -0.2) is 0 Å². The smallest absolute Gasteiger partial charge is 0.191 e. The predicted molar refractivity (Wildman–Crippen MR) is 94.7 cm³/mol. The van der Waals surface area contributed by atoms with Crippen molar-refractivity contribution in [1.29, 1.82) is 0 Å². The van der Waals surface area contributed by atoms with E-state index < -0.39 is 5.60 Å². The zero-order chi connectivity index (χ0) is 17.3. The fourth-order valence-electron chi connectivity index (χ4n) is 2.15. The molecular weight excluding hydrogens is 292 g/mol. The zero-order valence-corrected chi connectivity index (χ0v) is 14.7. The van der Waals surface area contributed by atoms with Gasteiger partial charge in [0.2, 0.25) is 0 Å². The molecule has 0 aliphatic heterocycles. The summed E-state index contributed by atoms with van der Waals surface area (Å²) < 4.78 is 5.31. The number of nitrogens with one attached hydrogen (secondary N) is 2. The molecule has 3 N–H and O–H groups in total. The summed E-state index contributed by atoms with van der Waals surface area (Å²) in [6.45, 7) is 9.83. The van der Waals surface area contributed by atoms with Gasteiger partial charge in [-0.15, -0.1) is 0 Å². The highest BCUT2D eigenvalue weighted by Crippen LogP contribution is 2.05. The third-order valence-corrected chi connectivity index (χ3v) is 3.04. The molecule has 1 atom stereocenters. The molecule has 0 bridgehead atoms. The van der Waals surface area contributed by atoms with Crippen LogP contribution in [0.4, 0.5) is 0 Å². The van der Waals surface area contributed by atoms with E-state index in [1.807, 2.05) is 38.1 Å². The summed E-state index contributed by atoms with van der Waals surface area (Å²) in [5.41, 5.74) is 0.146. The first-order chi connectivity index (χ1) is 10.8. The Balaban J connectivity index is 2.55. The maximum atomic E-state index is 10.3. The van der Waals surface area contributed by atoms with Crippen LogP contribution in [0.15, 0.2) is 40.0 Å². The van der Waals surface area contributed by atoms with Gasteiger partial charge in [-0.05, 0) is 40.1 Å². The Labute approximate surface area is 139 Å². The van der Waals surface area contributed by atoms with E-state index in [1.165, 1.54) is 0 Å². The highest BCUT2D eigenvalue weighted by Gasteiger charge is 2.21. The van der Waals surface area contributed by atoms with E-state index in [0.29, 0.717) is 32.1 Å². The molecular formula is C17H30N4O2. The van der Waals surface area contributed by atoms with Gasteiger partial charge in [0.05, 0.1) is 18.4 Å². The topological polar surface area (TPSA) is 73.0 Å². The summed E-state index contributed by atoms with van der Waals surface area (Å²) in [6.07, 6.45) is 2.44. The van der Waals surface area contributed by atoms with Crippen LogP contribution >= 0.6 is 0 Å². The van der Waals surface area contributed by atoms with Crippen LogP contribution in [0, 0.1) is 0 Å². The average Bonchev–Trinajstić information content (AvgIpc) is 2.92. The standard InChI is InChI=1S/C17H30N4O2/c1-14(2)11-19-16(18-9-8-15-7-6-10-23-15)20-12-17(3,22)13-21(4)5/h6-7,10,22H,1,8-9,11-13H2,2-5H3,(H2,18,19,20). The lowest BCUT2D eigenvalue weighted by Crippen LogP contribution is -2.43. The summed E-state index contributed by atoms with van der Waals surface area (Å²) in [6, 6.07) is 3.82. The Hall–Kier alpha value is -1.79. The largest absolute Gasteiger partial charge is 0.469 e. The fourth-order valence-corrected chi connectivity index (χ4v) is 2.15. The van der Waals surface area contributed by atoms with Gasteiger partial charge in [-0.2, -0.15) is 0 Å². The molecule has 1 unspecified atom stereocenters. The van der Waals surface area contributed by atoms with Gasteiger partial charge >= 0.3 is 0 Å². The van der Waals surface area contributed by atoms with Gasteiger partial charge in [0, 0.05) is 26.1 Å². The van der Waals surface area contributed by atoms with Crippen molar-refractivity contribution in [2.75, 3.05) is 40.3 Å². The SMILES string of the molecule is C=C(C)CNC(=NCC(C)(O)CN(C)C)NCCc1ccco1. The second kappa shape index (κ2) is 9.37. The maximum absolute atomic E-state index is 10.3. The molecule has 6 heteroatoms. The molecule has 1 aromatic rings. The molecule has 0 fully saturated rings. The van der Waals surface area contributed by atoms with Gasteiger partial charge < -0.3 is 25.1 Å². The van der Waals surface area contributed by atoms with Crippen LogP contribution in [-0.4, -0.2) is 61.8 Å². The van der Waals surface area contributed by atoms with Gasteiger partial charge in [0.25, 0.3) is 0 Å². The lowest BCUT2D eigenvalue weighted by atomic mass is 10.1. The van der Waals surface area contributed by atoms with Crippen molar-refractivity contribution in [3.05, 3.63) is 36.3 Å². The van der Waals surface area contributed by atoms with Crippen LogP contribution in [0.5, 0.6) is 0 Å². The molecule has 0 aromatic carbocycles. The molecule has 0 radical (unpaired) electrons. The number of nitrogens with zero attached hydrogens (tertiary/aromatic N) is 2. The fraction of sp³-hybridized carbons (Fsp3) is 0.588. The number of aliphatic imine (C=N–C) groups is 1. The average molecular weight is 322 g/mol. The molecule has 130 valence electrons. The van der Waals surface area contributed by atoms with Crippen molar-refractivity contribution in [1.82, 2.24) is 15.5 Å². The first-order valence-corrected chi connectivity index (χ1v) is 7.84. The van der Waals surface area contributed by atoms with Gasteiger partial charge in [-0.3, -0.25) is 4.99 Å². The minimum atomic E-state index is -0.873. The Kier molecular flexibility index (Phi) is 7.85.